The van der Waals surface area contributed by atoms with E-state index >= 15 is 0 Å². The van der Waals surface area contributed by atoms with Crippen molar-refractivity contribution < 1.29 is 17.9 Å². The fourth-order valence-electron chi connectivity index (χ4n) is 2.08. The summed E-state index contributed by atoms with van der Waals surface area (Å²) in [6.07, 6.45) is 0. The van der Waals surface area contributed by atoms with Gasteiger partial charge < -0.3 is 10.1 Å². The van der Waals surface area contributed by atoms with Crippen LogP contribution in [0.5, 0.6) is 5.75 Å². The van der Waals surface area contributed by atoms with Gasteiger partial charge >= 0.3 is 0 Å². The molecule has 27 heavy (non-hydrogen) atoms. The topological polar surface area (TPSA) is 110 Å². The number of benzene rings is 2. The molecule has 10 heteroatoms. The number of rotatable bonds is 7. The van der Waals surface area contributed by atoms with Crippen molar-refractivity contribution in [1.29, 1.82) is 0 Å². The summed E-state index contributed by atoms with van der Waals surface area (Å²) in [5.41, 5.74) is 1.40. The minimum absolute atomic E-state index is 0.118. The van der Waals surface area contributed by atoms with Crippen LogP contribution in [0.3, 0.4) is 0 Å². The summed E-state index contributed by atoms with van der Waals surface area (Å²) in [7, 11) is -3.89. The Morgan fingerprint density at radius 3 is 2.44 bits per heavy atom. The van der Waals surface area contributed by atoms with Gasteiger partial charge in [0.1, 0.15) is 12.4 Å². The van der Waals surface area contributed by atoms with Crippen LogP contribution in [-0.2, 0) is 21.4 Å². The standard InChI is InChI=1S/C17H16N4O4S2/c1-12(22)18-16-19-20-17(26-16)27(23,24)21-14-7-9-15(10-8-14)25-11-13-5-3-2-4-6-13/h2-10,21H,11H2,1H3,(H,18,19,22). The van der Waals surface area contributed by atoms with Gasteiger partial charge in [-0.05, 0) is 29.8 Å². The first-order valence-corrected chi connectivity index (χ1v) is 10.1. The minimum atomic E-state index is -3.89. The maximum Gasteiger partial charge on any atom is 0.291 e. The van der Waals surface area contributed by atoms with Gasteiger partial charge in [0.05, 0.1) is 0 Å². The van der Waals surface area contributed by atoms with Gasteiger partial charge in [-0.3, -0.25) is 9.52 Å². The summed E-state index contributed by atoms with van der Waals surface area (Å²) in [6.45, 7) is 1.72. The monoisotopic (exact) mass is 404 g/mol. The molecule has 3 aromatic rings. The van der Waals surface area contributed by atoms with E-state index in [1.807, 2.05) is 30.3 Å². The molecule has 0 fully saturated rings. The lowest BCUT2D eigenvalue weighted by molar-refractivity contribution is -0.114. The predicted molar refractivity (Wildman–Crippen MR) is 102 cm³/mol. The second-order valence-corrected chi connectivity index (χ2v) is 8.29. The number of nitrogens with one attached hydrogen (secondary N) is 2. The molecule has 1 aromatic heterocycles. The Bertz CT molecular complexity index is 1020. The van der Waals surface area contributed by atoms with E-state index < -0.39 is 10.0 Å². The highest BCUT2D eigenvalue weighted by Gasteiger charge is 2.20. The maximum absolute atomic E-state index is 12.3. The number of aromatic nitrogens is 2. The highest BCUT2D eigenvalue weighted by Crippen LogP contribution is 2.24. The van der Waals surface area contributed by atoms with Gasteiger partial charge in [-0.25, -0.2) is 0 Å². The van der Waals surface area contributed by atoms with Gasteiger partial charge in [0.25, 0.3) is 14.4 Å². The molecule has 3 rings (SSSR count). The summed E-state index contributed by atoms with van der Waals surface area (Å²) in [4.78, 5) is 11.0. The van der Waals surface area contributed by atoms with Crippen molar-refractivity contribution in [3.05, 3.63) is 60.2 Å². The zero-order valence-electron chi connectivity index (χ0n) is 14.2. The molecular formula is C17H16N4O4S2. The van der Waals surface area contributed by atoms with E-state index in [9.17, 15) is 13.2 Å². The zero-order chi connectivity index (χ0) is 19.3. The molecule has 140 valence electrons. The summed E-state index contributed by atoms with van der Waals surface area (Å²) >= 11 is 0.767. The molecule has 0 bridgehead atoms. The van der Waals surface area contributed by atoms with Crippen LogP contribution in [0.15, 0.2) is 58.9 Å². The highest BCUT2D eigenvalue weighted by atomic mass is 32.2. The Morgan fingerprint density at radius 1 is 1.07 bits per heavy atom. The van der Waals surface area contributed by atoms with Crippen LogP contribution >= 0.6 is 11.3 Å². The van der Waals surface area contributed by atoms with Crippen LogP contribution < -0.4 is 14.8 Å². The van der Waals surface area contributed by atoms with Gasteiger partial charge in [0, 0.05) is 12.6 Å². The van der Waals surface area contributed by atoms with E-state index in [1.165, 1.54) is 6.92 Å². The fraction of sp³-hybridized carbons (Fsp3) is 0.118. The lowest BCUT2D eigenvalue weighted by atomic mass is 10.2. The van der Waals surface area contributed by atoms with Gasteiger partial charge in [0.15, 0.2) is 0 Å². The number of nitrogens with zero attached hydrogens (tertiary/aromatic N) is 2. The first-order chi connectivity index (χ1) is 12.9. The van der Waals surface area contributed by atoms with Crippen LogP contribution in [-0.4, -0.2) is 24.5 Å². The number of sulfonamides is 1. The third kappa shape index (κ3) is 5.25. The second-order valence-electron chi connectivity index (χ2n) is 5.46. The second kappa shape index (κ2) is 8.14. The molecular weight excluding hydrogens is 388 g/mol. The highest BCUT2D eigenvalue weighted by molar-refractivity contribution is 7.94. The number of carbonyl (C=O) groups is 1. The number of amides is 1. The van der Waals surface area contributed by atoms with E-state index in [1.54, 1.807) is 24.3 Å². The molecule has 0 spiro atoms. The maximum atomic E-state index is 12.3. The number of anilines is 2. The third-order valence-corrected chi connectivity index (χ3v) is 5.86. The normalized spacial score (nSPS) is 11.0. The SMILES string of the molecule is CC(=O)Nc1nnc(S(=O)(=O)Nc2ccc(OCc3ccccc3)cc2)s1. The smallest absolute Gasteiger partial charge is 0.291 e. The van der Waals surface area contributed by atoms with Crippen LogP contribution in [0.1, 0.15) is 12.5 Å². The minimum Gasteiger partial charge on any atom is -0.489 e. The summed E-state index contributed by atoms with van der Waals surface area (Å²) in [5, 5.41) is 9.74. The van der Waals surface area contributed by atoms with Gasteiger partial charge in [-0.15, -0.1) is 10.2 Å². The van der Waals surface area contributed by atoms with Crippen molar-refractivity contribution >= 4 is 38.1 Å². The average Bonchev–Trinajstić information content (AvgIpc) is 3.10. The molecule has 0 unspecified atom stereocenters. The van der Waals surface area contributed by atoms with Crippen molar-refractivity contribution in [2.24, 2.45) is 0 Å². The third-order valence-electron chi connectivity index (χ3n) is 3.27. The number of carbonyl (C=O) groups excluding carboxylic acids is 1. The van der Waals surface area contributed by atoms with E-state index in [-0.39, 0.29) is 15.4 Å². The van der Waals surface area contributed by atoms with Crippen LogP contribution in [0.25, 0.3) is 0 Å². The Morgan fingerprint density at radius 2 is 1.78 bits per heavy atom. The Labute approximate surface area is 160 Å². The van der Waals surface area contributed by atoms with Crippen molar-refractivity contribution in [3.63, 3.8) is 0 Å². The number of ether oxygens (including phenoxy) is 1. The van der Waals surface area contributed by atoms with E-state index in [4.69, 9.17) is 4.74 Å². The first kappa shape index (κ1) is 18.8. The van der Waals surface area contributed by atoms with Gasteiger partial charge in [-0.1, -0.05) is 41.7 Å². The van der Waals surface area contributed by atoms with Crippen LogP contribution in [0.4, 0.5) is 10.8 Å². The van der Waals surface area contributed by atoms with Crippen molar-refractivity contribution in [1.82, 2.24) is 10.2 Å². The molecule has 0 aliphatic rings. The average molecular weight is 404 g/mol. The molecule has 1 amide bonds. The Balaban J connectivity index is 1.63. The number of hydrogen-bond acceptors (Lipinski definition) is 7. The lowest BCUT2D eigenvalue weighted by Crippen LogP contribution is -2.12. The van der Waals surface area contributed by atoms with E-state index in [0.29, 0.717) is 18.0 Å². The molecule has 0 aliphatic carbocycles. The van der Waals surface area contributed by atoms with Crippen LogP contribution in [0, 0.1) is 0 Å². The molecule has 1 heterocycles. The lowest BCUT2D eigenvalue weighted by Gasteiger charge is -2.08. The van der Waals surface area contributed by atoms with Crippen molar-refractivity contribution in [2.75, 3.05) is 10.0 Å². The predicted octanol–water partition coefficient (Wildman–Crippen LogP) is 2.88. The fourth-order valence-corrected chi connectivity index (χ4v) is 4.08. The summed E-state index contributed by atoms with van der Waals surface area (Å²) < 4.78 is 32.5. The first-order valence-electron chi connectivity index (χ1n) is 7.83. The zero-order valence-corrected chi connectivity index (χ0v) is 15.9. The molecule has 0 saturated carbocycles. The van der Waals surface area contributed by atoms with Crippen molar-refractivity contribution in [2.45, 2.75) is 17.9 Å². The molecule has 2 aromatic carbocycles. The molecule has 0 aliphatic heterocycles. The molecule has 8 nitrogen and oxygen atoms in total. The molecule has 0 saturated heterocycles. The van der Waals surface area contributed by atoms with E-state index in [2.05, 4.69) is 20.2 Å². The molecule has 0 radical (unpaired) electrons. The molecule has 0 atom stereocenters. The Kier molecular flexibility index (Phi) is 5.67. The summed E-state index contributed by atoms with van der Waals surface area (Å²) in [5.74, 6) is 0.264. The molecule has 2 N–H and O–H groups in total. The van der Waals surface area contributed by atoms with Crippen molar-refractivity contribution in [3.8, 4) is 5.75 Å². The quantitative estimate of drug-likeness (QED) is 0.586. The van der Waals surface area contributed by atoms with E-state index in [0.717, 1.165) is 16.9 Å². The largest absolute Gasteiger partial charge is 0.489 e. The van der Waals surface area contributed by atoms with Gasteiger partial charge in [-0.2, -0.15) is 8.42 Å². The Hall–Kier alpha value is -2.98. The van der Waals surface area contributed by atoms with Crippen LogP contribution in [0.2, 0.25) is 0 Å². The van der Waals surface area contributed by atoms with Gasteiger partial charge in [0.2, 0.25) is 11.0 Å². The summed E-state index contributed by atoms with van der Waals surface area (Å²) in [6, 6.07) is 16.2. The number of hydrogen-bond donors (Lipinski definition) is 2.